The third kappa shape index (κ3) is 2.74. The smallest absolute Gasteiger partial charge is 0.246 e. The van der Waals surface area contributed by atoms with Crippen molar-refractivity contribution in [1.29, 1.82) is 0 Å². The quantitative estimate of drug-likeness (QED) is 0.495. The van der Waals surface area contributed by atoms with Gasteiger partial charge in [0.1, 0.15) is 6.29 Å². The molecule has 1 amide bonds. The van der Waals surface area contributed by atoms with E-state index in [4.69, 9.17) is 20.9 Å². The molecule has 1 aliphatic rings. The van der Waals surface area contributed by atoms with E-state index in [0.29, 0.717) is 11.5 Å². The second-order valence-corrected chi connectivity index (χ2v) is 3.45. The van der Waals surface area contributed by atoms with Crippen LogP contribution in [0.1, 0.15) is 5.56 Å². The summed E-state index contributed by atoms with van der Waals surface area (Å²) in [7, 11) is 0. The highest BCUT2D eigenvalue weighted by atomic mass is 16.7. The summed E-state index contributed by atoms with van der Waals surface area (Å²) in [5.41, 5.74) is 11.2. The minimum atomic E-state index is -0.867. The molecule has 0 atom stereocenters. The zero-order chi connectivity index (χ0) is 12.3. The first-order valence-electron chi connectivity index (χ1n) is 5.05. The van der Waals surface area contributed by atoms with Crippen molar-refractivity contribution in [3.63, 3.8) is 0 Å². The molecule has 6 heteroatoms. The maximum atomic E-state index is 11.3. The van der Waals surface area contributed by atoms with Gasteiger partial charge in [-0.05, 0) is 12.1 Å². The lowest BCUT2D eigenvalue weighted by molar-refractivity contribution is -0.117. The molecular weight excluding hydrogens is 222 g/mol. The van der Waals surface area contributed by atoms with E-state index in [1.807, 2.05) is 12.1 Å². The van der Waals surface area contributed by atoms with Gasteiger partial charge in [-0.2, -0.15) is 0 Å². The van der Waals surface area contributed by atoms with Crippen LogP contribution < -0.4 is 26.3 Å². The monoisotopic (exact) mass is 235 g/mol. The molecule has 2 rings (SSSR count). The van der Waals surface area contributed by atoms with Crippen LogP contribution in [0.4, 0.5) is 0 Å². The molecule has 1 aromatic rings. The average Bonchev–Trinajstić information content (AvgIpc) is 2.73. The van der Waals surface area contributed by atoms with Crippen LogP contribution >= 0.6 is 0 Å². The summed E-state index contributed by atoms with van der Waals surface area (Å²) in [6, 6.07) is 5.44. The fraction of sp³-hybridized carbons (Fsp3) is 0.182. The van der Waals surface area contributed by atoms with E-state index >= 15 is 0 Å². The van der Waals surface area contributed by atoms with E-state index in [0.717, 1.165) is 5.56 Å². The highest BCUT2D eigenvalue weighted by molar-refractivity contribution is 5.92. The van der Waals surface area contributed by atoms with Crippen molar-refractivity contribution < 1.29 is 14.3 Å². The summed E-state index contributed by atoms with van der Waals surface area (Å²) >= 11 is 0. The number of amides is 1. The minimum Gasteiger partial charge on any atom is -0.454 e. The summed E-state index contributed by atoms with van der Waals surface area (Å²) < 4.78 is 10.5. The summed E-state index contributed by atoms with van der Waals surface area (Å²) in [5, 5.41) is 2.34. The SMILES string of the molecule is NC(N)NC(=O)/C=C/c1cccc2c1OCO2. The fourth-order valence-corrected chi connectivity index (χ4v) is 1.46. The second-order valence-electron chi connectivity index (χ2n) is 3.45. The maximum absolute atomic E-state index is 11.3. The Balaban J connectivity index is 2.11. The largest absolute Gasteiger partial charge is 0.454 e. The Morgan fingerprint density at radius 2 is 2.24 bits per heavy atom. The molecule has 0 bridgehead atoms. The van der Waals surface area contributed by atoms with Gasteiger partial charge < -0.3 is 14.8 Å². The number of carbonyl (C=O) groups excluding carboxylic acids is 1. The van der Waals surface area contributed by atoms with Crippen LogP contribution in [0.15, 0.2) is 24.3 Å². The molecule has 0 aliphatic carbocycles. The van der Waals surface area contributed by atoms with Gasteiger partial charge in [-0.25, -0.2) is 0 Å². The standard InChI is InChI=1S/C11H13N3O3/c12-11(13)14-9(15)5-4-7-2-1-3-8-10(7)17-6-16-8/h1-5,11H,6,12-13H2,(H,14,15)/b5-4+. The first-order valence-corrected chi connectivity index (χ1v) is 5.05. The average molecular weight is 235 g/mol. The Labute approximate surface area is 98.2 Å². The zero-order valence-electron chi connectivity index (χ0n) is 9.05. The Morgan fingerprint density at radius 3 is 3.00 bits per heavy atom. The topological polar surface area (TPSA) is 99.6 Å². The van der Waals surface area contributed by atoms with Gasteiger partial charge in [0.2, 0.25) is 12.7 Å². The van der Waals surface area contributed by atoms with Crippen LogP contribution in [0.3, 0.4) is 0 Å². The number of benzene rings is 1. The summed E-state index contributed by atoms with van der Waals surface area (Å²) in [5.74, 6) is 0.938. The van der Waals surface area contributed by atoms with E-state index in [-0.39, 0.29) is 12.7 Å². The van der Waals surface area contributed by atoms with Gasteiger partial charge in [0.15, 0.2) is 11.5 Å². The summed E-state index contributed by atoms with van der Waals surface area (Å²) in [6.07, 6.45) is 2.09. The number of hydrogen-bond donors (Lipinski definition) is 3. The minimum absolute atomic E-state index is 0.195. The Bertz CT molecular complexity index is 457. The second kappa shape index (κ2) is 4.86. The molecule has 90 valence electrons. The molecule has 1 aromatic carbocycles. The van der Waals surface area contributed by atoms with Gasteiger partial charge in [0.05, 0.1) is 0 Å². The molecule has 0 saturated carbocycles. The number of hydrogen-bond acceptors (Lipinski definition) is 5. The number of carbonyl (C=O) groups is 1. The summed E-state index contributed by atoms with van der Waals surface area (Å²) in [6.45, 7) is 0.195. The van der Waals surface area contributed by atoms with Gasteiger partial charge in [0, 0.05) is 11.6 Å². The molecule has 0 saturated heterocycles. The van der Waals surface area contributed by atoms with Crippen molar-refractivity contribution in [3.05, 3.63) is 29.8 Å². The van der Waals surface area contributed by atoms with Crippen molar-refractivity contribution in [2.45, 2.75) is 6.29 Å². The van der Waals surface area contributed by atoms with Gasteiger partial charge in [-0.1, -0.05) is 12.1 Å². The van der Waals surface area contributed by atoms with E-state index in [1.54, 1.807) is 12.1 Å². The third-order valence-electron chi connectivity index (χ3n) is 2.15. The van der Waals surface area contributed by atoms with Crippen molar-refractivity contribution in [1.82, 2.24) is 5.32 Å². The number of nitrogens with two attached hydrogens (primary N) is 2. The van der Waals surface area contributed by atoms with E-state index in [9.17, 15) is 4.79 Å². The van der Waals surface area contributed by atoms with E-state index < -0.39 is 6.29 Å². The molecular formula is C11H13N3O3. The molecule has 0 unspecified atom stereocenters. The van der Waals surface area contributed by atoms with Crippen LogP contribution in [0.25, 0.3) is 6.08 Å². The van der Waals surface area contributed by atoms with Crippen molar-refractivity contribution >= 4 is 12.0 Å². The third-order valence-corrected chi connectivity index (χ3v) is 2.15. The lowest BCUT2D eigenvalue weighted by Crippen LogP contribution is -2.47. The predicted molar refractivity (Wildman–Crippen MR) is 61.9 cm³/mol. The van der Waals surface area contributed by atoms with Crippen LogP contribution in [0.2, 0.25) is 0 Å². The molecule has 0 aromatic heterocycles. The zero-order valence-corrected chi connectivity index (χ0v) is 9.05. The molecule has 1 heterocycles. The number of rotatable bonds is 3. The molecule has 0 fully saturated rings. The fourth-order valence-electron chi connectivity index (χ4n) is 1.46. The number of para-hydroxylation sites is 1. The highest BCUT2D eigenvalue weighted by Crippen LogP contribution is 2.35. The lowest BCUT2D eigenvalue weighted by Gasteiger charge is -2.05. The Morgan fingerprint density at radius 1 is 1.41 bits per heavy atom. The first kappa shape index (κ1) is 11.4. The van der Waals surface area contributed by atoms with Crippen LogP contribution in [-0.4, -0.2) is 19.0 Å². The summed E-state index contributed by atoms with van der Waals surface area (Å²) in [4.78, 5) is 11.3. The van der Waals surface area contributed by atoms with Crippen molar-refractivity contribution in [2.75, 3.05) is 6.79 Å². The van der Waals surface area contributed by atoms with Crippen LogP contribution in [0.5, 0.6) is 11.5 Å². The highest BCUT2D eigenvalue weighted by Gasteiger charge is 2.15. The first-order chi connectivity index (χ1) is 8.16. The van der Waals surface area contributed by atoms with Crippen LogP contribution in [0, 0.1) is 0 Å². The Hall–Kier alpha value is -2.05. The molecule has 5 N–H and O–H groups in total. The van der Waals surface area contributed by atoms with E-state index in [2.05, 4.69) is 5.32 Å². The van der Waals surface area contributed by atoms with E-state index in [1.165, 1.54) is 6.08 Å². The number of nitrogens with one attached hydrogen (secondary N) is 1. The van der Waals surface area contributed by atoms with Gasteiger partial charge in [-0.3, -0.25) is 16.3 Å². The van der Waals surface area contributed by atoms with Crippen LogP contribution in [-0.2, 0) is 4.79 Å². The van der Waals surface area contributed by atoms with Gasteiger partial charge in [-0.15, -0.1) is 0 Å². The molecule has 0 spiro atoms. The normalized spacial score (nSPS) is 13.4. The molecule has 1 aliphatic heterocycles. The molecule has 0 radical (unpaired) electrons. The number of fused-ring (bicyclic) bond motifs is 1. The van der Waals surface area contributed by atoms with Crippen molar-refractivity contribution in [2.24, 2.45) is 11.5 Å². The maximum Gasteiger partial charge on any atom is 0.246 e. The Kier molecular flexibility index (Phi) is 3.27. The van der Waals surface area contributed by atoms with Crippen molar-refractivity contribution in [3.8, 4) is 11.5 Å². The predicted octanol–water partition coefficient (Wildman–Crippen LogP) is -0.254. The molecule has 17 heavy (non-hydrogen) atoms. The molecule has 6 nitrogen and oxygen atoms in total. The van der Waals surface area contributed by atoms with Gasteiger partial charge >= 0.3 is 0 Å². The lowest BCUT2D eigenvalue weighted by atomic mass is 10.1. The number of ether oxygens (including phenoxy) is 2. The van der Waals surface area contributed by atoms with Gasteiger partial charge in [0.25, 0.3) is 0 Å².